The maximum Gasteiger partial charge on any atom is 0.316 e. The van der Waals surface area contributed by atoms with Crippen molar-refractivity contribution in [2.75, 3.05) is 17.3 Å². The number of allylic oxidation sites excluding steroid dienone is 4. The number of ketones is 1. The van der Waals surface area contributed by atoms with E-state index in [1.807, 2.05) is 56.3 Å². The van der Waals surface area contributed by atoms with E-state index in [0.717, 1.165) is 11.3 Å². The van der Waals surface area contributed by atoms with Crippen molar-refractivity contribution in [1.82, 2.24) is 10.2 Å². The van der Waals surface area contributed by atoms with Gasteiger partial charge < -0.3 is 10.5 Å². The summed E-state index contributed by atoms with van der Waals surface area (Å²) in [5.74, 6) is -0.529. The number of ether oxygens (including phenoxy) is 1. The normalized spacial score (nSPS) is 19.4. The van der Waals surface area contributed by atoms with Crippen LogP contribution in [0.15, 0.2) is 63.4 Å². The molecule has 0 amide bonds. The molecule has 1 aromatic heterocycles. The maximum absolute atomic E-state index is 13.5. The molecule has 10 heteroatoms. The van der Waals surface area contributed by atoms with Crippen molar-refractivity contribution in [3.63, 3.8) is 0 Å². The van der Waals surface area contributed by atoms with Gasteiger partial charge in [0.1, 0.15) is 5.82 Å². The fourth-order valence-corrected chi connectivity index (χ4v) is 6.09. The van der Waals surface area contributed by atoms with E-state index in [4.69, 9.17) is 10.5 Å². The lowest BCUT2D eigenvalue weighted by molar-refractivity contribution is -0.139. The van der Waals surface area contributed by atoms with E-state index < -0.39 is 5.92 Å². The van der Waals surface area contributed by atoms with Crippen molar-refractivity contribution in [3.05, 3.63) is 64.6 Å². The predicted molar refractivity (Wildman–Crippen MR) is 141 cm³/mol. The summed E-state index contributed by atoms with van der Waals surface area (Å²) in [7, 11) is 0. The second kappa shape index (κ2) is 10.7. The molecule has 1 unspecified atom stereocenters. The van der Waals surface area contributed by atoms with E-state index in [2.05, 4.69) is 16.3 Å². The van der Waals surface area contributed by atoms with Crippen LogP contribution in [-0.4, -0.2) is 34.3 Å². The molecule has 2 heterocycles. The number of hydrogen-bond donors (Lipinski definition) is 1. The highest BCUT2D eigenvalue weighted by Gasteiger charge is 2.44. The number of nitriles is 1. The minimum atomic E-state index is -0.546. The standard InChI is InChI=1S/C26H27N5O3S2/c1-4-34-21(33)15-35-25-30-29-24(36-25)31-19-12-26(2,3)13-20(32)22(19)17(18(14-27)23(31)28)11-10-16-8-6-5-7-9-16/h5-11,17H,4,12-13,15,28H2,1-3H3/b11-10+. The zero-order valence-electron chi connectivity index (χ0n) is 20.4. The number of esters is 1. The Bertz CT molecular complexity index is 1300. The zero-order chi connectivity index (χ0) is 25.9. The fourth-order valence-electron chi connectivity index (χ4n) is 4.41. The van der Waals surface area contributed by atoms with Gasteiger partial charge in [0.2, 0.25) is 5.13 Å². The molecule has 36 heavy (non-hydrogen) atoms. The Labute approximate surface area is 218 Å². The van der Waals surface area contributed by atoms with Gasteiger partial charge in [-0.3, -0.25) is 14.5 Å². The van der Waals surface area contributed by atoms with Crippen molar-refractivity contribution in [2.45, 2.75) is 38.0 Å². The smallest absolute Gasteiger partial charge is 0.316 e. The van der Waals surface area contributed by atoms with Gasteiger partial charge in [-0.25, -0.2) is 0 Å². The average molecular weight is 522 g/mol. The SMILES string of the molecule is CCOC(=O)CSc1nnc(N2C(N)=C(C#N)C(/C=C/c3ccccc3)C3=C2CC(C)(C)CC3=O)s1. The Morgan fingerprint density at radius 1 is 1.33 bits per heavy atom. The fraction of sp³-hybridized carbons (Fsp3) is 0.346. The molecule has 2 aromatic rings. The summed E-state index contributed by atoms with van der Waals surface area (Å²) < 4.78 is 5.54. The zero-order valence-corrected chi connectivity index (χ0v) is 22.0. The summed E-state index contributed by atoms with van der Waals surface area (Å²) >= 11 is 2.48. The number of anilines is 1. The van der Waals surface area contributed by atoms with Crippen LogP contribution >= 0.6 is 23.1 Å². The highest BCUT2D eigenvalue weighted by atomic mass is 32.2. The average Bonchev–Trinajstić information content (AvgIpc) is 3.29. The molecule has 8 nitrogen and oxygen atoms in total. The monoisotopic (exact) mass is 521 g/mol. The maximum atomic E-state index is 13.5. The van der Waals surface area contributed by atoms with Gasteiger partial charge in [0, 0.05) is 23.6 Å². The third-order valence-electron chi connectivity index (χ3n) is 5.91. The topological polar surface area (TPSA) is 122 Å². The van der Waals surface area contributed by atoms with E-state index in [9.17, 15) is 14.9 Å². The van der Waals surface area contributed by atoms with E-state index in [1.165, 1.54) is 23.1 Å². The van der Waals surface area contributed by atoms with Crippen LogP contribution < -0.4 is 10.6 Å². The number of nitrogens with two attached hydrogens (primary N) is 1. The number of carbonyl (C=O) groups is 2. The van der Waals surface area contributed by atoms with Gasteiger partial charge in [-0.05, 0) is 24.3 Å². The number of aromatic nitrogens is 2. The molecule has 4 rings (SSSR count). The van der Waals surface area contributed by atoms with Gasteiger partial charge >= 0.3 is 5.97 Å². The minimum Gasteiger partial charge on any atom is -0.465 e. The quantitative estimate of drug-likeness (QED) is 0.409. The summed E-state index contributed by atoms with van der Waals surface area (Å²) in [6, 6.07) is 12.0. The van der Waals surface area contributed by atoms with Crippen LogP contribution in [0.25, 0.3) is 6.08 Å². The lowest BCUT2D eigenvalue weighted by atomic mass is 9.70. The first-order valence-corrected chi connectivity index (χ1v) is 13.4. The Morgan fingerprint density at radius 2 is 2.08 bits per heavy atom. The molecule has 2 aliphatic rings. The number of thioether (sulfide) groups is 1. The number of hydrogen-bond acceptors (Lipinski definition) is 10. The van der Waals surface area contributed by atoms with Crippen LogP contribution in [0.3, 0.4) is 0 Å². The lowest BCUT2D eigenvalue weighted by Gasteiger charge is -2.41. The third kappa shape index (κ3) is 5.37. The van der Waals surface area contributed by atoms with E-state index >= 15 is 0 Å². The van der Waals surface area contributed by atoms with Gasteiger partial charge in [0.25, 0.3) is 0 Å². The van der Waals surface area contributed by atoms with Gasteiger partial charge in [0.15, 0.2) is 10.1 Å². The number of carbonyl (C=O) groups excluding carboxylic acids is 2. The summed E-state index contributed by atoms with van der Waals surface area (Å²) in [6.07, 6.45) is 4.76. The lowest BCUT2D eigenvalue weighted by Crippen LogP contribution is -2.42. The number of nitrogens with zero attached hydrogens (tertiary/aromatic N) is 4. The molecule has 1 aromatic carbocycles. The van der Waals surface area contributed by atoms with Crippen LogP contribution in [-0.2, 0) is 14.3 Å². The van der Waals surface area contributed by atoms with Crippen LogP contribution in [0.1, 0.15) is 39.2 Å². The van der Waals surface area contributed by atoms with Crippen LogP contribution in [0.4, 0.5) is 5.13 Å². The van der Waals surface area contributed by atoms with Crippen LogP contribution in [0.5, 0.6) is 0 Å². The Morgan fingerprint density at radius 3 is 2.78 bits per heavy atom. The van der Waals surface area contributed by atoms with Crippen molar-refractivity contribution in [2.24, 2.45) is 17.1 Å². The molecule has 0 spiro atoms. The first-order valence-electron chi connectivity index (χ1n) is 11.6. The third-order valence-corrected chi connectivity index (χ3v) is 7.93. The highest BCUT2D eigenvalue weighted by molar-refractivity contribution is 8.01. The van der Waals surface area contributed by atoms with E-state index in [-0.39, 0.29) is 28.7 Å². The van der Waals surface area contributed by atoms with Gasteiger partial charge in [0.05, 0.1) is 24.0 Å². The van der Waals surface area contributed by atoms with Gasteiger partial charge in [-0.1, -0.05) is 79.4 Å². The van der Waals surface area contributed by atoms with Crippen molar-refractivity contribution in [1.29, 1.82) is 5.26 Å². The molecule has 0 fully saturated rings. The highest BCUT2D eigenvalue weighted by Crippen LogP contribution is 2.48. The second-order valence-corrected chi connectivity index (χ2v) is 11.4. The molecule has 0 radical (unpaired) electrons. The molecule has 0 bridgehead atoms. The first-order chi connectivity index (χ1) is 17.2. The summed E-state index contributed by atoms with van der Waals surface area (Å²) in [6.45, 7) is 6.15. The molecular weight excluding hydrogens is 494 g/mol. The molecule has 2 N–H and O–H groups in total. The van der Waals surface area contributed by atoms with Gasteiger partial charge in [-0.2, -0.15) is 5.26 Å². The summed E-state index contributed by atoms with van der Waals surface area (Å²) in [4.78, 5) is 26.9. The summed E-state index contributed by atoms with van der Waals surface area (Å²) in [5.41, 5.74) is 8.90. The van der Waals surface area contributed by atoms with Gasteiger partial charge in [-0.15, -0.1) is 10.2 Å². The van der Waals surface area contributed by atoms with Crippen LogP contribution in [0, 0.1) is 22.7 Å². The molecule has 1 aliphatic carbocycles. The Balaban J connectivity index is 1.75. The first kappa shape index (κ1) is 25.7. The number of benzene rings is 1. The van der Waals surface area contributed by atoms with Crippen molar-refractivity contribution >= 4 is 46.1 Å². The Kier molecular flexibility index (Phi) is 7.62. The Hall–Kier alpha value is -3.42. The van der Waals surface area contributed by atoms with Crippen molar-refractivity contribution in [3.8, 4) is 6.07 Å². The second-order valence-electron chi connectivity index (χ2n) is 9.24. The predicted octanol–water partition coefficient (Wildman–Crippen LogP) is 4.68. The van der Waals surface area contributed by atoms with Crippen molar-refractivity contribution < 1.29 is 14.3 Å². The minimum absolute atomic E-state index is 0.00404. The van der Waals surface area contributed by atoms with Crippen LogP contribution in [0.2, 0.25) is 0 Å². The molecule has 1 aliphatic heterocycles. The van der Waals surface area contributed by atoms with E-state index in [1.54, 1.807) is 11.8 Å². The summed E-state index contributed by atoms with van der Waals surface area (Å²) in [5, 5.41) is 19.1. The molecule has 0 saturated carbocycles. The molecule has 186 valence electrons. The molecule has 1 atom stereocenters. The molecular formula is C26H27N5O3S2. The largest absolute Gasteiger partial charge is 0.465 e. The number of rotatable bonds is 7. The van der Waals surface area contributed by atoms with E-state index in [0.29, 0.717) is 40.1 Å². The number of Topliss-reactive ketones (excluding diaryl/α,β-unsaturated/α-hetero) is 1. The molecule has 0 saturated heterocycles.